The lowest BCUT2D eigenvalue weighted by Crippen LogP contribution is -2.58. The third-order valence-corrected chi connectivity index (χ3v) is 11.2. The topological polar surface area (TPSA) is 209 Å². The van der Waals surface area contributed by atoms with Gasteiger partial charge in [0.1, 0.15) is 0 Å². The van der Waals surface area contributed by atoms with E-state index in [1.165, 1.54) is 27.4 Å². The second-order valence-corrected chi connectivity index (χ2v) is 15.5. The molecule has 0 aromatic heterocycles. The molecule has 50 heavy (non-hydrogen) atoms. The van der Waals surface area contributed by atoms with Gasteiger partial charge in [-0.1, -0.05) is 50.6 Å². The second-order valence-electron chi connectivity index (χ2n) is 13.5. The number of aliphatic hydroxyl groups is 1. The van der Waals surface area contributed by atoms with E-state index in [-0.39, 0.29) is 49.7 Å². The van der Waals surface area contributed by atoms with E-state index in [1.807, 2.05) is 44.2 Å². The Kier molecular flexibility index (Phi) is 12.1. The molecule has 0 unspecified atom stereocenters. The highest BCUT2D eigenvalue weighted by atomic mass is 32.2. The number of hydrogen-bond donors (Lipinski definition) is 4. The van der Waals surface area contributed by atoms with Crippen LogP contribution in [0.1, 0.15) is 45.1 Å². The number of nitriles is 1. The number of aliphatic hydroxyl groups excluding tert-OH is 1. The van der Waals surface area contributed by atoms with Gasteiger partial charge in [-0.25, -0.2) is 13.2 Å². The van der Waals surface area contributed by atoms with E-state index in [0.717, 1.165) is 5.56 Å². The molecule has 16 heteroatoms. The van der Waals surface area contributed by atoms with Gasteiger partial charge in [0.05, 0.1) is 36.3 Å². The molecule has 1 amide bonds. The molecule has 0 bridgehead atoms. The first-order chi connectivity index (χ1) is 23.9. The first-order valence-corrected chi connectivity index (χ1v) is 18.1. The molecular weight excluding hydrogens is 668 g/mol. The maximum atomic E-state index is 14.4. The molecule has 0 aliphatic carbocycles. The van der Waals surface area contributed by atoms with Crippen LogP contribution in [0.25, 0.3) is 0 Å². The molecule has 5 N–H and O–H groups in total. The molecule has 2 aromatic rings. The SMILES string of the molecule is CC(C)(CCCCN=C(N)NC#N)CN(C[C@@H](O)[C@H](Cc1ccccc1)N(C(=O)O)[C@H]1CO[C@H]2OCC[C@H]21)S(=O)(=O)c1ccc2c(c1)OCO2. The molecule has 272 valence electrons. The first-order valence-electron chi connectivity index (χ1n) is 16.7. The van der Waals surface area contributed by atoms with E-state index in [0.29, 0.717) is 50.3 Å². The number of unbranched alkanes of at least 4 members (excludes halogenated alkanes) is 1. The van der Waals surface area contributed by atoms with Crippen molar-refractivity contribution in [2.24, 2.45) is 22.1 Å². The van der Waals surface area contributed by atoms with Crippen LogP contribution < -0.4 is 20.5 Å². The van der Waals surface area contributed by atoms with Crippen molar-refractivity contribution in [1.29, 1.82) is 5.26 Å². The first kappa shape index (κ1) is 37.1. The number of hydrogen-bond acceptors (Lipinski definition) is 10. The molecule has 15 nitrogen and oxygen atoms in total. The summed E-state index contributed by atoms with van der Waals surface area (Å²) in [6, 6.07) is 12.0. The van der Waals surface area contributed by atoms with Gasteiger partial charge in [-0.2, -0.15) is 9.57 Å². The minimum Gasteiger partial charge on any atom is -0.465 e. The number of amides is 1. The van der Waals surface area contributed by atoms with Crippen LogP contribution in [-0.2, 0) is 25.9 Å². The fourth-order valence-electron chi connectivity index (χ4n) is 6.87. The molecule has 3 aliphatic heterocycles. The molecule has 3 heterocycles. The Balaban J connectivity index is 1.43. The molecule has 5 rings (SSSR count). The third-order valence-electron chi connectivity index (χ3n) is 9.38. The van der Waals surface area contributed by atoms with Gasteiger partial charge in [-0.15, -0.1) is 0 Å². The summed E-state index contributed by atoms with van der Waals surface area (Å²) in [6.07, 6.45) is 1.25. The van der Waals surface area contributed by atoms with Gasteiger partial charge in [0.25, 0.3) is 0 Å². The quantitative estimate of drug-likeness (QED) is 0.0651. The van der Waals surface area contributed by atoms with E-state index in [4.69, 9.17) is 29.9 Å². The van der Waals surface area contributed by atoms with Crippen LogP contribution in [-0.4, -0.2) is 104 Å². The highest BCUT2D eigenvalue weighted by Gasteiger charge is 2.49. The highest BCUT2D eigenvalue weighted by molar-refractivity contribution is 7.89. The summed E-state index contributed by atoms with van der Waals surface area (Å²) in [6.45, 7) is 4.44. The summed E-state index contributed by atoms with van der Waals surface area (Å²) in [5.74, 6) is 0.545. The fourth-order valence-corrected chi connectivity index (χ4v) is 8.53. The average molecular weight is 715 g/mol. The molecule has 0 saturated carbocycles. The third kappa shape index (κ3) is 8.95. The number of nitrogens with zero attached hydrogens (tertiary/aromatic N) is 4. The van der Waals surface area contributed by atoms with E-state index in [1.54, 1.807) is 6.19 Å². The van der Waals surface area contributed by atoms with E-state index in [9.17, 15) is 23.4 Å². The van der Waals surface area contributed by atoms with Crippen LogP contribution in [0, 0.1) is 22.8 Å². The van der Waals surface area contributed by atoms with Gasteiger partial charge >= 0.3 is 6.09 Å². The van der Waals surface area contributed by atoms with Crippen molar-refractivity contribution in [1.82, 2.24) is 14.5 Å². The smallest absolute Gasteiger partial charge is 0.407 e. The normalized spacial score (nSPS) is 21.4. The number of benzene rings is 2. The Bertz CT molecular complexity index is 1650. The van der Waals surface area contributed by atoms with Gasteiger partial charge in [-0.05, 0) is 48.8 Å². The summed E-state index contributed by atoms with van der Waals surface area (Å²) in [5.41, 5.74) is 5.85. The lowest BCUT2D eigenvalue weighted by molar-refractivity contribution is -0.0906. The number of fused-ring (bicyclic) bond motifs is 2. The van der Waals surface area contributed by atoms with Crippen molar-refractivity contribution >= 4 is 22.1 Å². The zero-order valence-corrected chi connectivity index (χ0v) is 29.1. The van der Waals surface area contributed by atoms with Gasteiger partial charge in [0, 0.05) is 31.6 Å². The van der Waals surface area contributed by atoms with Gasteiger partial charge < -0.3 is 34.9 Å². The fraction of sp³-hybridized carbons (Fsp3) is 0.559. The molecule has 2 aromatic carbocycles. The van der Waals surface area contributed by atoms with Gasteiger partial charge in [-0.3, -0.25) is 15.2 Å². The number of rotatable bonds is 16. The number of guanidine groups is 1. The van der Waals surface area contributed by atoms with Crippen LogP contribution in [0.3, 0.4) is 0 Å². The Morgan fingerprint density at radius 3 is 2.66 bits per heavy atom. The van der Waals surface area contributed by atoms with Crippen LogP contribution in [0.5, 0.6) is 11.5 Å². The van der Waals surface area contributed by atoms with Crippen molar-refractivity contribution in [3.63, 3.8) is 0 Å². The average Bonchev–Trinajstić information content (AvgIpc) is 3.83. The van der Waals surface area contributed by atoms with E-state index >= 15 is 0 Å². The van der Waals surface area contributed by atoms with E-state index < -0.39 is 46.0 Å². The Morgan fingerprint density at radius 2 is 1.92 bits per heavy atom. The van der Waals surface area contributed by atoms with Crippen LogP contribution >= 0.6 is 0 Å². The minimum atomic E-state index is -4.24. The number of aliphatic imine (C=N–C) groups is 1. The van der Waals surface area contributed by atoms with Gasteiger partial charge in [0.15, 0.2) is 24.0 Å². The number of carbonyl (C=O) groups is 1. The predicted molar refractivity (Wildman–Crippen MR) is 182 cm³/mol. The summed E-state index contributed by atoms with van der Waals surface area (Å²) in [7, 11) is -4.24. The zero-order valence-electron chi connectivity index (χ0n) is 28.3. The van der Waals surface area contributed by atoms with Crippen molar-refractivity contribution < 1.29 is 42.4 Å². The number of carboxylic acid groups (broad SMARTS) is 1. The van der Waals surface area contributed by atoms with Crippen molar-refractivity contribution in [2.45, 2.75) is 75.3 Å². The summed E-state index contributed by atoms with van der Waals surface area (Å²) < 4.78 is 52.5. The Labute approximate surface area is 292 Å². The standard InChI is InChI=1S/C34H46N6O9S/c1-34(2,13-6-7-14-37-32(36)38-21-35)20-39(50(44,45)24-10-11-29-30(17-24)49-22-48-29)18-28(41)26(16-23-8-4-3-5-9-23)40(33(42)43)27-19-47-31-25(27)12-15-46-31/h3-5,8-11,17,25-28,31,41H,6-7,12-16,18-20,22H2,1-2H3,(H,42,43)(H3,36,37,38)/t25-,26-,27-,28+,31+/m0/s1. The summed E-state index contributed by atoms with van der Waals surface area (Å²) in [4.78, 5) is 18.3. The molecule has 3 aliphatic rings. The molecule has 5 atom stereocenters. The molecule has 2 fully saturated rings. The Morgan fingerprint density at radius 1 is 1.16 bits per heavy atom. The zero-order chi connectivity index (χ0) is 35.9. The lowest BCUT2D eigenvalue weighted by atomic mass is 9.87. The lowest BCUT2D eigenvalue weighted by Gasteiger charge is -2.40. The second kappa shape index (κ2) is 16.3. The number of ether oxygens (including phenoxy) is 4. The molecule has 0 spiro atoms. The summed E-state index contributed by atoms with van der Waals surface area (Å²) in [5, 5.41) is 33.7. The van der Waals surface area contributed by atoms with Crippen molar-refractivity contribution in [3.8, 4) is 17.7 Å². The number of nitrogens with two attached hydrogens (primary N) is 1. The van der Waals surface area contributed by atoms with Crippen molar-refractivity contribution in [3.05, 3.63) is 54.1 Å². The molecular formula is C34H46N6O9S. The van der Waals surface area contributed by atoms with Gasteiger partial charge in [0.2, 0.25) is 22.8 Å². The molecule has 2 saturated heterocycles. The van der Waals surface area contributed by atoms with E-state index in [2.05, 4.69) is 10.3 Å². The summed E-state index contributed by atoms with van der Waals surface area (Å²) >= 11 is 0. The van der Waals surface area contributed by atoms with Crippen LogP contribution in [0.4, 0.5) is 4.79 Å². The predicted octanol–water partition coefficient (Wildman–Crippen LogP) is 2.70. The van der Waals surface area contributed by atoms with Crippen LogP contribution in [0.2, 0.25) is 0 Å². The van der Waals surface area contributed by atoms with Crippen LogP contribution in [0.15, 0.2) is 58.4 Å². The number of sulfonamides is 1. The minimum absolute atomic E-state index is 0.0262. The molecule has 0 radical (unpaired) electrons. The maximum absolute atomic E-state index is 14.4. The largest absolute Gasteiger partial charge is 0.465 e. The maximum Gasteiger partial charge on any atom is 0.407 e. The Hall–Kier alpha value is -4.14. The number of nitrogens with one attached hydrogen (secondary N) is 1. The highest BCUT2D eigenvalue weighted by Crippen LogP contribution is 2.38. The van der Waals surface area contributed by atoms with Crippen molar-refractivity contribution in [2.75, 3.05) is 39.6 Å². The monoisotopic (exact) mass is 714 g/mol.